The quantitative estimate of drug-likeness (QED) is 0.802. The number of likely N-dealkylation sites (tertiary alicyclic amines) is 1. The molecule has 8 heteroatoms. The summed E-state index contributed by atoms with van der Waals surface area (Å²) in [5.41, 5.74) is 0.239. The molecule has 0 N–H and O–H groups in total. The summed E-state index contributed by atoms with van der Waals surface area (Å²) in [6.07, 6.45) is -1.61. The Balaban J connectivity index is 1.59. The number of amides is 1. The summed E-state index contributed by atoms with van der Waals surface area (Å²) in [7, 11) is 0. The topological polar surface area (TPSA) is 66.2 Å². The van der Waals surface area contributed by atoms with Gasteiger partial charge in [0.1, 0.15) is 6.10 Å². The van der Waals surface area contributed by atoms with Gasteiger partial charge in [-0.15, -0.1) is 0 Å². The largest absolute Gasteiger partial charge is 0.472 e. The number of benzene rings is 1. The molecular weight excluding hydrogens is 371 g/mol. The van der Waals surface area contributed by atoms with Crippen LogP contribution in [0.1, 0.15) is 29.5 Å². The summed E-state index contributed by atoms with van der Waals surface area (Å²) in [5.74, 6) is 0.174. The van der Waals surface area contributed by atoms with Gasteiger partial charge in [-0.25, -0.2) is 4.98 Å². The molecular formula is C20H18F3N3O2. The van der Waals surface area contributed by atoms with Crippen molar-refractivity contribution in [3.05, 3.63) is 59.3 Å². The van der Waals surface area contributed by atoms with Crippen LogP contribution in [0.4, 0.5) is 13.2 Å². The summed E-state index contributed by atoms with van der Waals surface area (Å²) in [6.45, 7) is 0.947. The Labute approximate surface area is 160 Å². The van der Waals surface area contributed by atoms with Gasteiger partial charge in [-0.05, 0) is 36.6 Å². The van der Waals surface area contributed by atoms with E-state index in [1.807, 2.05) is 6.07 Å². The average molecular weight is 389 g/mol. The molecule has 1 atom stereocenters. The molecule has 1 fully saturated rings. The van der Waals surface area contributed by atoms with E-state index in [9.17, 15) is 18.0 Å². The van der Waals surface area contributed by atoms with Crippen LogP contribution in [-0.4, -0.2) is 35.0 Å². The number of nitriles is 1. The van der Waals surface area contributed by atoms with Crippen LogP contribution in [0.2, 0.25) is 0 Å². The van der Waals surface area contributed by atoms with E-state index in [2.05, 4.69) is 4.98 Å². The Bertz CT molecular complexity index is 876. The van der Waals surface area contributed by atoms with Crippen LogP contribution in [0, 0.1) is 11.3 Å². The molecule has 3 rings (SSSR count). The van der Waals surface area contributed by atoms with Crippen molar-refractivity contribution < 1.29 is 22.7 Å². The normalized spacial score (nSPS) is 17.1. The Morgan fingerprint density at radius 2 is 2.04 bits per heavy atom. The number of hydrogen-bond acceptors (Lipinski definition) is 4. The fourth-order valence-corrected chi connectivity index (χ4v) is 3.07. The van der Waals surface area contributed by atoms with Gasteiger partial charge in [-0.1, -0.05) is 12.1 Å². The number of halogens is 3. The Kier molecular flexibility index (Phi) is 5.83. The number of aromatic nitrogens is 1. The number of carbonyl (C=O) groups excluding carboxylic acids is 1. The van der Waals surface area contributed by atoms with Crippen molar-refractivity contribution in [3.63, 3.8) is 0 Å². The molecule has 1 amide bonds. The predicted molar refractivity (Wildman–Crippen MR) is 94.3 cm³/mol. The Hall–Kier alpha value is -3.08. The molecule has 5 nitrogen and oxygen atoms in total. The van der Waals surface area contributed by atoms with Gasteiger partial charge in [0.25, 0.3) is 0 Å². The fourth-order valence-electron chi connectivity index (χ4n) is 3.07. The van der Waals surface area contributed by atoms with Crippen molar-refractivity contribution in [1.29, 1.82) is 5.26 Å². The molecule has 1 unspecified atom stereocenters. The van der Waals surface area contributed by atoms with Crippen molar-refractivity contribution in [2.45, 2.75) is 31.5 Å². The first kappa shape index (κ1) is 19.7. The number of alkyl halides is 3. The summed E-state index contributed by atoms with van der Waals surface area (Å²) in [4.78, 5) is 18.3. The maximum atomic E-state index is 12.6. The van der Waals surface area contributed by atoms with Crippen molar-refractivity contribution >= 4 is 5.91 Å². The highest BCUT2D eigenvalue weighted by atomic mass is 19.4. The lowest BCUT2D eigenvalue weighted by Crippen LogP contribution is -2.45. The van der Waals surface area contributed by atoms with Crippen molar-refractivity contribution in [1.82, 2.24) is 9.88 Å². The third-order valence-electron chi connectivity index (χ3n) is 4.52. The lowest BCUT2D eigenvalue weighted by molar-refractivity contribution is -0.137. The van der Waals surface area contributed by atoms with Gasteiger partial charge in [0.15, 0.2) is 0 Å². The molecule has 2 aromatic rings. The fraction of sp³-hybridized carbons (Fsp3) is 0.350. The lowest BCUT2D eigenvalue weighted by atomic mass is 10.0. The first-order chi connectivity index (χ1) is 13.3. The molecule has 0 bridgehead atoms. The molecule has 1 saturated heterocycles. The Morgan fingerprint density at radius 3 is 2.71 bits per heavy atom. The van der Waals surface area contributed by atoms with Crippen molar-refractivity contribution in [2.24, 2.45) is 0 Å². The van der Waals surface area contributed by atoms with Crippen molar-refractivity contribution in [2.75, 3.05) is 13.1 Å². The van der Waals surface area contributed by atoms with E-state index in [0.717, 1.165) is 25.0 Å². The van der Waals surface area contributed by atoms with Crippen LogP contribution in [0.15, 0.2) is 42.6 Å². The number of pyridine rings is 1. The molecule has 1 aliphatic rings. The minimum atomic E-state index is -4.39. The van der Waals surface area contributed by atoms with E-state index < -0.39 is 11.7 Å². The molecule has 1 aromatic carbocycles. The van der Waals surface area contributed by atoms with Crippen LogP contribution in [0.3, 0.4) is 0 Å². The summed E-state index contributed by atoms with van der Waals surface area (Å²) in [6, 6.07) is 9.77. The van der Waals surface area contributed by atoms with E-state index in [4.69, 9.17) is 10.00 Å². The summed E-state index contributed by atoms with van der Waals surface area (Å²) in [5, 5.41) is 8.94. The lowest BCUT2D eigenvalue weighted by Gasteiger charge is -2.32. The number of piperidine rings is 1. The number of ether oxygens (including phenoxy) is 1. The van der Waals surface area contributed by atoms with Crippen LogP contribution >= 0.6 is 0 Å². The molecule has 0 saturated carbocycles. The smallest absolute Gasteiger partial charge is 0.416 e. The minimum absolute atomic E-state index is 0.0347. The predicted octanol–water partition coefficient (Wildman–Crippen LogP) is 3.58. The highest BCUT2D eigenvalue weighted by Gasteiger charge is 2.30. The zero-order valence-electron chi connectivity index (χ0n) is 14.9. The second-order valence-corrected chi connectivity index (χ2v) is 6.59. The SMILES string of the molecule is N#Cc1ccnc(OC2CCCN(C(=O)Cc3ccc(C(F)(F)F)cc3)C2)c1. The van der Waals surface area contributed by atoms with Crippen molar-refractivity contribution in [3.8, 4) is 11.9 Å². The van der Waals surface area contributed by atoms with Crippen LogP contribution < -0.4 is 4.74 Å². The maximum Gasteiger partial charge on any atom is 0.416 e. The van der Waals surface area contributed by atoms with E-state index in [1.54, 1.807) is 17.0 Å². The van der Waals surface area contributed by atoms with Gasteiger partial charge in [0, 0.05) is 18.8 Å². The monoisotopic (exact) mass is 389 g/mol. The molecule has 1 aliphatic heterocycles. The number of nitrogens with zero attached hydrogens (tertiary/aromatic N) is 3. The molecule has 1 aromatic heterocycles. The molecule has 28 heavy (non-hydrogen) atoms. The van der Waals surface area contributed by atoms with Gasteiger partial charge in [0.2, 0.25) is 11.8 Å². The van der Waals surface area contributed by atoms with E-state index in [1.165, 1.54) is 18.3 Å². The maximum absolute atomic E-state index is 12.6. The van der Waals surface area contributed by atoms with Crippen LogP contribution in [-0.2, 0) is 17.4 Å². The molecule has 146 valence electrons. The zero-order chi connectivity index (χ0) is 20.1. The van der Waals surface area contributed by atoms with E-state index in [0.29, 0.717) is 30.1 Å². The molecule has 0 spiro atoms. The standard InChI is InChI=1S/C20H18F3N3O2/c21-20(22,23)16-5-3-14(4-6-16)11-19(27)26-9-1-2-17(13-26)28-18-10-15(12-24)7-8-25-18/h3-8,10,17H,1-2,9,11,13H2. The van der Waals surface area contributed by atoms with E-state index in [-0.39, 0.29) is 18.4 Å². The molecule has 2 heterocycles. The molecule has 0 aliphatic carbocycles. The van der Waals surface area contributed by atoms with Gasteiger partial charge < -0.3 is 9.64 Å². The first-order valence-corrected chi connectivity index (χ1v) is 8.82. The third kappa shape index (κ3) is 5.00. The Morgan fingerprint density at radius 1 is 1.29 bits per heavy atom. The highest BCUT2D eigenvalue weighted by molar-refractivity contribution is 5.79. The number of carbonyl (C=O) groups is 1. The van der Waals surface area contributed by atoms with Gasteiger partial charge >= 0.3 is 6.18 Å². The summed E-state index contributed by atoms with van der Waals surface area (Å²) >= 11 is 0. The zero-order valence-corrected chi connectivity index (χ0v) is 14.9. The second kappa shape index (κ2) is 8.30. The van der Waals surface area contributed by atoms with Gasteiger partial charge in [0.05, 0.1) is 30.2 Å². The van der Waals surface area contributed by atoms with Crippen LogP contribution in [0.25, 0.3) is 0 Å². The minimum Gasteiger partial charge on any atom is -0.472 e. The first-order valence-electron chi connectivity index (χ1n) is 8.82. The van der Waals surface area contributed by atoms with Gasteiger partial charge in [-0.2, -0.15) is 18.4 Å². The average Bonchev–Trinajstić information content (AvgIpc) is 2.68. The highest BCUT2D eigenvalue weighted by Crippen LogP contribution is 2.29. The van der Waals surface area contributed by atoms with Gasteiger partial charge in [-0.3, -0.25) is 4.79 Å². The number of rotatable bonds is 4. The number of hydrogen-bond donors (Lipinski definition) is 0. The molecule has 0 radical (unpaired) electrons. The second-order valence-electron chi connectivity index (χ2n) is 6.59. The van der Waals surface area contributed by atoms with E-state index >= 15 is 0 Å². The third-order valence-corrected chi connectivity index (χ3v) is 4.52. The summed E-state index contributed by atoms with van der Waals surface area (Å²) < 4.78 is 43.7. The van der Waals surface area contributed by atoms with Crippen LogP contribution in [0.5, 0.6) is 5.88 Å².